The minimum atomic E-state index is -0.201. The van der Waals surface area contributed by atoms with Crippen molar-refractivity contribution in [3.05, 3.63) is 71.2 Å². The number of aromatic nitrogens is 6. The van der Waals surface area contributed by atoms with Crippen LogP contribution in [0.4, 0.5) is 0 Å². The maximum Gasteiger partial charge on any atom is 0.182 e. The molecule has 8 heteroatoms. The number of ketones is 1. The lowest BCUT2D eigenvalue weighted by atomic mass is 10.0. The van der Waals surface area contributed by atoms with Crippen molar-refractivity contribution in [2.24, 2.45) is 0 Å². The Hall–Kier alpha value is -3.81. The van der Waals surface area contributed by atoms with Crippen molar-refractivity contribution in [3.63, 3.8) is 0 Å². The van der Waals surface area contributed by atoms with Gasteiger partial charge in [0, 0.05) is 23.9 Å². The Morgan fingerprint density at radius 3 is 2.71 bits per heavy atom. The van der Waals surface area contributed by atoms with E-state index in [0.29, 0.717) is 23.1 Å². The highest BCUT2D eigenvalue weighted by molar-refractivity contribution is 6.00. The van der Waals surface area contributed by atoms with Gasteiger partial charge in [0.05, 0.1) is 29.7 Å². The molecule has 34 heavy (non-hydrogen) atoms. The zero-order chi connectivity index (χ0) is 24.0. The third-order valence-electron chi connectivity index (χ3n) is 6.25. The highest BCUT2D eigenvalue weighted by Gasteiger charge is 2.26. The molecule has 0 atom stereocenters. The van der Waals surface area contributed by atoms with E-state index in [1.165, 1.54) is 12.8 Å². The van der Waals surface area contributed by atoms with Gasteiger partial charge in [0.2, 0.25) is 0 Å². The fraction of sp³-hybridized carbons (Fsp3) is 0.346. The number of carbonyl (C=O) groups is 1. The third-order valence-corrected chi connectivity index (χ3v) is 6.25. The van der Waals surface area contributed by atoms with Crippen molar-refractivity contribution in [2.75, 3.05) is 0 Å². The number of phenolic OH excluding ortho intramolecular Hbond substituents is 1. The molecule has 0 unspecified atom stereocenters. The SMILES string of the molecule is Cc1cc(O)c(C(=O)Cc2cccc(-c3nnc(C)n3C(C)C)n2)cc1-n1cnc(C2CC2)c1. The van der Waals surface area contributed by atoms with Crippen LogP contribution in [0.2, 0.25) is 0 Å². The van der Waals surface area contributed by atoms with E-state index in [9.17, 15) is 9.90 Å². The molecule has 1 aliphatic rings. The maximum absolute atomic E-state index is 13.2. The van der Waals surface area contributed by atoms with Crippen LogP contribution in [0.15, 0.2) is 42.9 Å². The Morgan fingerprint density at radius 2 is 1.97 bits per heavy atom. The van der Waals surface area contributed by atoms with Crippen LogP contribution < -0.4 is 0 Å². The van der Waals surface area contributed by atoms with Gasteiger partial charge in [-0.1, -0.05) is 6.07 Å². The topological polar surface area (TPSA) is 98.7 Å². The minimum absolute atomic E-state index is 0.0277. The van der Waals surface area contributed by atoms with Crippen LogP contribution in [0.3, 0.4) is 0 Å². The Bertz CT molecular complexity index is 1380. The number of hydrogen-bond acceptors (Lipinski definition) is 6. The van der Waals surface area contributed by atoms with Crippen molar-refractivity contribution in [2.45, 2.75) is 58.9 Å². The monoisotopic (exact) mass is 456 g/mol. The fourth-order valence-electron chi connectivity index (χ4n) is 4.37. The highest BCUT2D eigenvalue weighted by atomic mass is 16.3. The number of rotatable bonds is 7. The van der Waals surface area contributed by atoms with Gasteiger partial charge in [-0.2, -0.15) is 0 Å². The number of pyridine rings is 1. The van der Waals surface area contributed by atoms with Crippen LogP contribution in [0.1, 0.15) is 71.8 Å². The molecule has 174 valence electrons. The Labute approximate surface area is 198 Å². The van der Waals surface area contributed by atoms with Gasteiger partial charge in [0.15, 0.2) is 11.6 Å². The smallest absolute Gasteiger partial charge is 0.182 e. The van der Waals surface area contributed by atoms with Crippen LogP contribution in [-0.4, -0.2) is 40.2 Å². The van der Waals surface area contributed by atoms with Gasteiger partial charge in [0.1, 0.15) is 17.3 Å². The molecule has 4 aromatic rings. The predicted octanol–water partition coefficient (Wildman–Crippen LogP) is 4.73. The molecule has 0 amide bonds. The van der Waals surface area contributed by atoms with E-state index < -0.39 is 0 Å². The number of Topliss-reactive ketones (excluding diaryl/α,β-unsaturated/α-hetero) is 1. The summed E-state index contributed by atoms with van der Waals surface area (Å²) in [5, 5.41) is 19.0. The fourth-order valence-corrected chi connectivity index (χ4v) is 4.37. The second kappa shape index (κ2) is 8.52. The van der Waals surface area contributed by atoms with E-state index in [4.69, 9.17) is 0 Å². The summed E-state index contributed by atoms with van der Waals surface area (Å²) >= 11 is 0. The first-order chi connectivity index (χ1) is 16.3. The molecule has 0 bridgehead atoms. The van der Waals surface area contributed by atoms with Gasteiger partial charge < -0.3 is 14.2 Å². The van der Waals surface area contributed by atoms with E-state index in [2.05, 4.69) is 34.0 Å². The second-order valence-corrected chi connectivity index (χ2v) is 9.28. The first-order valence-electron chi connectivity index (χ1n) is 11.6. The van der Waals surface area contributed by atoms with E-state index in [1.807, 2.05) is 47.4 Å². The van der Waals surface area contributed by atoms with E-state index >= 15 is 0 Å². The van der Waals surface area contributed by atoms with Crippen molar-refractivity contribution >= 4 is 5.78 Å². The van der Waals surface area contributed by atoms with E-state index in [0.717, 1.165) is 22.8 Å². The van der Waals surface area contributed by atoms with Crippen molar-refractivity contribution in [1.82, 2.24) is 29.3 Å². The molecule has 0 saturated heterocycles. The number of benzene rings is 1. The molecule has 3 heterocycles. The molecular formula is C26H28N6O2. The van der Waals surface area contributed by atoms with Crippen LogP contribution >= 0.6 is 0 Å². The molecule has 1 fully saturated rings. The van der Waals surface area contributed by atoms with Gasteiger partial charge in [-0.25, -0.2) is 9.97 Å². The lowest BCUT2D eigenvalue weighted by Gasteiger charge is -2.13. The summed E-state index contributed by atoms with van der Waals surface area (Å²) in [5.41, 5.74) is 4.33. The Kier molecular flexibility index (Phi) is 5.51. The number of nitrogens with zero attached hydrogens (tertiary/aromatic N) is 6. The quantitative estimate of drug-likeness (QED) is 0.404. The van der Waals surface area contributed by atoms with Gasteiger partial charge in [-0.3, -0.25) is 4.79 Å². The number of aryl methyl sites for hydroxylation is 2. The molecule has 5 rings (SSSR count). The number of imidazole rings is 1. The summed E-state index contributed by atoms with van der Waals surface area (Å²) in [4.78, 5) is 22.4. The molecule has 0 radical (unpaired) electrons. The van der Waals surface area contributed by atoms with Gasteiger partial charge in [-0.15, -0.1) is 10.2 Å². The number of phenols is 1. The van der Waals surface area contributed by atoms with Crippen molar-refractivity contribution < 1.29 is 9.90 Å². The van der Waals surface area contributed by atoms with Crippen molar-refractivity contribution in [3.8, 4) is 23.0 Å². The summed E-state index contributed by atoms with van der Waals surface area (Å²) in [6.45, 7) is 7.96. The van der Waals surface area contributed by atoms with Gasteiger partial charge in [0.25, 0.3) is 0 Å². The molecule has 0 spiro atoms. The van der Waals surface area contributed by atoms with Gasteiger partial charge >= 0.3 is 0 Å². The van der Waals surface area contributed by atoms with Crippen LogP contribution in [0, 0.1) is 13.8 Å². The molecule has 8 nitrogen and oxygen atoms in total. The number of hydrogen-bond donors (Lipinski definition) is 1. The average Bonchev–Trinajstić information content (AvgIpc) is 3.39. The highest BCUT2D eigenvalue weighted by Crippen LogP contribution is 2.39. The molecule has 1 aromatic carbocycles. The standard InChI is InChI=1S/C26H28N6O2/c1-15(2)32-17(4)29-30-26(32)21-7-5-6-19(28-21)11-25(34)20-12-23(16(3)10-24(20)33)31-13-22(27-14-31)18-8-9-18/h5-7,10,12-15,18,33H,8-9,11H2,1-4H3. The van der Waals surface area contributed by atoms with Crippen LogP contribution in [-0.2, 0) is 6.42 Å². The zero-order valence-electron chi connectivity index (χ0n) is 19.9. The van der Waals surface area contributed by atoms with Gasteiger partial charge in [-0.05, 0) is 70.4 Å². The second-order valence-electron chi connectivity index (χ2n) is 9.28. The summed E-state index contributed by atoms with van der Waals surface area (Å²) < 4.78 is 3.95. The Balaban J connectivity index is 1.43. The molecule has 1 N–H and O–H groups in total. The third kappa shape index (κ3) is 4.11. The predicted molar refractivity (Wildman–Crippen MR) is 128 cm³/mol. The van der Waals surface area contributed by atoms with E-state index in [-0.39, 0.29) is 29.6 Å². The summed E-state index contributed by atoms with van der Waals surface area (Å²) in [5.74, 6) is 1.81. The maximum atomic E-state index is 13.2. The van der Waals surface area contributed by atoms with Crippen molar-refractivity contribution in [1.29, 1.82) is 0 Å². The molecule has 1 aliphatic carbocycles. The first kappa shape index (κ1) is 22.0. The average molecular weight is 457 g/mol. The number of carbonyl (C=O) groups excluding carboxylic acids is 1. The molecule has 1 saturated carbocycles. The zero-order valence-corrected chi connectivity index (χ0v) is 19.9. The first-order valence-corrected chi connectivity index (χ1v) is 11.6. The van der Waals surface area contributed by atoms with E-state index in [1.54, 1.807) is 18.5 Å². The van der Waals surface area contributed by atoms with Crippen LogP contribution in [0.5, 0.6) is 5.75 Å². The number of aromatic hydroxyl groups is 1. The summed E-state index contributed by atoms with van der Waals surface area (Å²) in [7, 11) is 0. The van der Waals surface area contributed by atoms with Crippen LogP contribution in [0.25, 0.3) is 17.2 Å². The molecule has 3 aromatic heterocycles. The lowest BCUT2D eigenvalue weighted by molar-refractivity contribution is 0.0989. The Morgan fingerprint density at radius 1 is 1.18 bits per heavy atom. The molecular weight excluding hydrogens is 428 g/mol. The molecule has 0 aliphatic heterocycles. The lowest BCUT2D eigenvalue weighted by Crippen LogP contribution is -2.09. The largest absolute Gasteiger partial charge is 0.507 e. The minimum Gasteiger partial charge on any atom is -0.507 e. The normalized spacial score (nSPS) is 13.6. The summed E-state index contributed by atoms with van der Waals surface area (Å²) in [6.07, 6.45) is 6.21. The summed E-state index contributed by atoms with van der Waals surface area (Å²) in [6, 6.07) is 9.11.